The van der Waals surface area contributed by atoms with E-state index in [1.165, 1.54) is 32.1 Å². The molecule has 0 heterocycles. The Morgan fingerprint density at radius 1 is 1.31 bits per heavy atom. The quantitative estimate of drug-likeness (QED) is 0.663. The van der Waals surface area contributed by atoms with Gasteiger partial charge in [-0.15, -0.1) is 0 Å². The summed E-state index contributed by atoms with van der Waals surface area (Å²) in [5, 5.41) is 3.38. The van der Waals surface area contributed by atoms with Crippen LogP contribution in [0.1, 0.15) is 39.0 Å². The van der Waals surface area contributed by atoms with Crippen LogP contribution in [0.3, 0.4) is 0 Å². The Hall–Kier alpha value is -0.0800. The fourth-order valence-corrected chi connectivity index (χ4v) is 2.28. The fraction of sp³-hybridized carbons (Fsp3) is 1.00. The summed E-state index contributed by atoms with van der Waals surface area (Å²) in [6.45, 7) is 4.40. The molecule has 0 bridgehead atoms. The van der Waals surface area contributed by atoms with Crippen LogP contribution in [-0.2, 0) is 4.74 Å². The lowest BCUT2D eigenvalue weighted by Gasteiger charge is -2.30. The molecule has 2 heteroatoms. The summed E-state index contributed by atoms with van der Waals surface area (Å²) in [4.78, 5) is 0. The van der Waals surface area contributed by atoms with Crippen LogP contribution >= 0.6 is 0 Å². The van der Waals surface area contributed by atoms with Gasteiger partial charge >= 0.3 is 0 Å². The van der Waals surface area contributed by atoms with Gasteiger partial charge < -0.3 is 10.1 Å². The van der Waals surface area contributed by atoms with Gasteiger partial charge in [-0.25, -0.2) is 0 Å². The molecule has 2 nitrogen and oxygen atoms in total. The zero-order valence-corrected chi connectivity index (χ0v) is 9.01. The lowest BCUT2D eigenvalue weighted by Crippen LogP contribution is -2.29. The molecule has 0 unspecified atom stereocenters. The smallest absolute Gasteiger partial charge is 0.0600 e. The van der Waals surface area contributed by atoms with Crippen LogP contribution in [0.2, 0.25) is 0 Å². The van der Waals surface area contributed by atoms with Gasteiger partial charge in [0.2, 0.25) is 0 Å². The van der Waals surface area contributed by atoms with Gasteiger partial charge in [0, 0.05) is 7.11 Å². The van der Waals surface area contributed by atoms with E-state index in [0.29, 0.717) is 6.10 Å². The van der Waals surface area contributed by atoms with Gasteiger partial charge in [0.25, 0.3) is 0 Å². The summed E-state index contributed by atoms with van der Waals surface area (Å²) in [5.74, 6) is 0.804. The van der Waals surface area contributed by atoms with Crippen LogP contribution in [0.4, 0.5) is 0 Å². The van der Waals surface area contributed by atoms with Gasteiger partial charge in [0.05, 0.1) is 6.10 Å². The highest BCUT2D eigenvalue weighted by Gasteiger charge is 2.23. The third kappa shape index (κ3) is 3.65. The Balaban J connectivity index is 2.19. The van der Waals surface area contributed by atoms with E-state index < -0.39 is 0 Å². The van der Waals surface area contributed by atoms with Crippen molar-refractivity contribution in [2.75, 3.05) is 20.2 Å². The van der Waals surface area contributed by atoms with Crippen LogP contribution < -0.4 is 5.32 Å². The second-order valence-corrected chi connectivity index (χ2v) is 3.96. The molecule has 1 fully saturated rings. The molecular formula is C11H23NO. The van der Waals surface area contributed by atoms with Crippen LogP contribution in [0, 0.1) is 5.92 Å². The largest absolute Gasteiger partial charge is 0.381 e. The molecule has 1 saturated carbocycles. The molecule has 78 valence electrons. The number of nitrogens with one attached hydrogen (secondary N) is 1. The minimum atomic E-state index is 0.535. The second-order valence-electron chi connectivity index (χ2n) is 3.96. The number of hydrogen-bond acceptors (Lipinski definition) is 2. The van der Waals surface area contributed by atoms with Crippen LogP contribution in [0.25, 0.3) is 0 Å². The zero-order valence-electron chi connectivity index (χ0n) is 9.01. The highest BCUT2D eigenvalue weighted by Crippen LogP contribution is 2.28. The molecule has 1 rings (SSSR count). The standard InChI is InChI=1S/C11H23NO/c1-3-12-9-8-10-6-4-5-7-11(10)13-2/h10-12H,3-9H2,1-2H3/t10-,11+/m0/s1. The molecule has 2 atom stereocenters. The summed E-state index contributed by atoms with van der Waals surface area (Å²) in [6, 6.07) is 0. The maximum atomic E-state index is 5.51. The summed E-state index contributed by atoms with van der Waals surface area (Å²) in [7, 11) is 1.86. The topological polar surface area (TPSA) is 21.3 Å². The van der Waals surface area contributed by atoms with E-state index in [2.05, 4.69) is 12.2 Å². The van der Waals surface area contributed by atoms with Gasteiger partial charge in [-0.1, -0.05) is 19.8 Å². The number of ether oxygens (including phenoxy) is 1. The molecule has 1 N–H and O–H groups in total. The SMILES string of the molecule is CCNCC[C@@H]1CCCC[C@H]1OC. The average Bonchev–Trinajstić information content (AvgIpc) is 2.19. The highest BCUT2D eigenvalue weighted by atomic mass is 16.5. The van der Waals surface area contributed by atoms with Crippen molar-refractivity contribution in [1.29, 1.82) is 0 Å². The lowest BCUT2D eigenvalue weighted by atomic mass is 9.84. The molecule has 13 heavy (non-hydrogen) atoms. The van der Waals surface area contributed by atoms with Gasteiger partial charge in [0.1, 0.15) is 0 Å². The van der Waals surface area contributed by atoms with E-state index in [0.717, 1.165) is 19.0 Å². The Kier molecular flexibility index (Phi) is 5.40. The van der Waals surface area contributed by atoms with Gasteiger partial charge in [-0.3, -0.25) is 0 Å². The molecular weight excluding hydrogens is 162 g/mol. The van der Waals surface area contributed by atoms with E-state index >= 15 is 0 Å². The van der Waals surface area contributed by atoms with Gasteiger partial charge in [-0.05, 0) is 38.3 Å². The van der Waals surface area contributed by atoms with Crippen LogP contribution in [-0.4, -0.2) is 26.3 Å². The van der Waals surface area contributed by atoms with Crippen molar-refractivity contribution in [2.45, 2.75) is 45.1 Å². The van der Waals surface area contributed by atoms with E-state index in [1.807, 2.05) is 7.11 Å². The Bertz CT molecular complexity index is 127. The molecule has 0 aromatic carbocycles. The van der Waals surface area contributed by atoms with Crippen molar-refractivity contribution in [2.24, 2.45) is 5.92 Å². The Morgan fingerprint density at radius 2 is 2.08 bits per heavy atom. The minimum absolute atomic E-state index is 0.535. The van der Waals surface area contributed by atoms with Crippen LogP contribution in [0.5, 0.6) is 0 Å². The van der Waals surface area contributed by atoms with E-state index in [-0.39, 0.29) is 0 Å². The predicted molar refractivity (Wildman–Crippen MR) is 55.9 cm³/mol. The molecule has 0 radical (unpaired) electrons. The van der Waals surface area contributed by atoms with Gasteiger partial charge in [0.15, 0.2) is 0 Å². The van der Waals surface area contributed by atoms with Crippen molar-refractivity contribution in [3.05, 3.63) is 0 Å². The molecule has 0 aromatic heterocycles. The first kappa shape index (κ1) is 11.0. The molecule has 0 aromatic rings. The van der Waals surface area contributed by atoms with Gasteiger partial charge in [-0.2, -0.15) is 0 Å². The molecule has 1 aliphatic rings. The van der Waals surface area contributed by atoms with Crippen molar-refractivity contribution in [3.8, 4) is 0 Å². The van der Waals surface area contributed by atoms with Crippen molar-refractivity contribution < 1.29 is 4.74 Å². The average molecular weight is 185 g/mol. The summed E-state index contributed by atoms with van der Waals surface area (Å²) < 4.78 is 5.51. The first-order valence-electron chi connectivity index (χ1n) is 5.62. The monoisotopic (exact) mass is 185 g/mol. The summed E-state index contributed by atoms with van der Waals surface area (Å²) in [6.07, 6.45) is 7.21. The fourth-order valence-electron chi connectivity index (χ4n) is 2.28. The highest BCUT2D eigenvalue weighted by molar-refractivity contribution is 4.76. The number of methoxy groups -OCH3 is 1. The van der Waals surface area contributed by atoms with E-state index in [4.69, 9.17) is 4.74 Å². The second kappa shape index (κ2) is 6.39. The van der Waals surface area contributed by atoms with Crippen molar-refractivity contribution >= 4 is 0 Å². The molecule has 0 spiro atoms. The van der Waals surface area contributed by atoms with Crippen LogP contribution in [0.15, 0.2) is 0 Å². The maximum Gasteiger partial charge on any atom is 0.0600 e. The maximum absolute atomic E-state index is 5.51. The van der Waals surface area contributed by atoms with E-state index in [9.17, 15) is 0 Å². The Labute approximate surface area is 82.0 Å². The first-order valence-corrected chi connectivity index (χ1v) is 5.62. The predicted octanol–water partition coefficient (Wildman–Crippen LogP) is 2.19. The third-order valence-corrected chi connectivity index (χ3v) is 3.08. The normalized spacial score (nSPS) is 29.1. The van der Waals surface area contributed by atoms with Crippen molar-refractivity contribution in [3.63, 3.8) is 0 Å². The first-order chi connectivity index (χ1) is 6.38. The Morgan fingerprint density at radius 3 is 2.77 bits per heavy atom. The molecule has 0 saturated heterocycles. The van der Waals surface area contributed by atoms with Crippen molar-refractivity contribution in [1.82, 2.24) is 5.32 Å². The molecule has 1 aliphatic carbocycles. The lowest BCUT2D eigenvalue weighted by molar-refractivity contribution is 0.0206. The molecule has 0 amide bonds. The molecule has 0 aliphatic heterocycles. The number of hydrogen-bond donors (Lipinski definition) is 1. The summed E-state index contributed by atoms with van der Waals surface area (Å²) in [5.41, 5.74) is 0. The summed E-state index contributed by atoms with van der Waals surface area (Å²) >= 11 is 0. The third-order valence-electron chi connectivity index (χ3n) is 3.08. The van der Waals surface area contributed by atoms with E-state index in [1.54, 1.807) is 0 Å². The number of rotatable bonds is 5. The minimum Gasteiger partial charge on any atom is -0.381 e. The zero-order chi connectivity index (χ0) is 9.52.